The molecule has 1 unspecified atom stereocenters. The van der Waals surface area contributed by atoms with Gasteiger partial charge in [0, 0.05) is 17.5 Å². The first-order valence-corrected chi connectivity index (χ1v) is 7.95. The van der Waals surface area contributed by atoms with Gasteiger partial charge in [-0.2, -0.15) is 0 Å². The highest BCUT2D eigenvalue weighted by Crippen LogP contribution is 2.24. The molecule has 0 fully saturated rings. The molecular weight excluding hydrogens is 316 g/mol. The van der Waals surface area contributed by atoms with Crippen LogP contribution in [-0.2, 0) is 28.0 Å². The van der Waals surface area contributed by atoms with Crippen LogP contribution in [0.2, 0.25) is 0 Å². The number of carboxylic acids is 1. The summed E-state index contributed by atoms with van der Waals surface area (Å²) in [6.07, 6.45) is 3.04. The van der Waals surface area contributed by atoms with Crippen molar-refractivity contribution >= 4 is 22.9 Å². The quantitative estimate of drug-likeness (QED) is 0.818. The van der Waals surface area contributed by atoms with Gasteiger partial charge in [0.1, 0.15) is 0 Å². The Morgan fingerprint density at radius 2 is 1.96 bits per heavy atom. The Balaban J connectivity index is 2.22. The number of carboxylic acid groups (broad SMARTS) is 1. The van der Waals surface area contributed by atoms with E-state index in [1.165, 1.54) is 10.5 Å². The van der Waals surface area contributed by atoms with Crippen LogP contribution in [0.1, 0.15) is 25.0 Å². The van der Waals surface area contributed by atoms with Crippen molar-refractivity contribution < 1.29 is 18.7 Å². The van der Waals surface area contributed by atoms with Gasteiger partial charge in [0.25, 0.3) is 0 Å². The summed E-state index contributed by atoms with van der Waals surface area (Å²) in [6, 6.07) is 10.2. The molecule has 6 nitrogen and oxygen atoms in total. The Kier molecular flexibility index (Phi) is 5.12. The molecule has 1 aromatic carbocycles. The smallest absolute Gasteiger partial charge is 0.313 e. The normalized spacial score (nSPS) is 12.7. The monoisotopic (exact) mass is 333 g/mol. The first-order chi connectivity index (χ1) is 10.8. The lowest BCUT2D eigenvalue weighted by Gasteiger charge is -2.26. The Morgan fingerprint density at radius 3 is 2.43 bits per heavy atom. The maximum absolute atomic E-state index is 11.4. The summed E-state index contributed by atoms with van der Waals surface area (Å²) in [5.74, 6) is -0.914. The first-order valence-electron chi connectivity index (χ1n) is 6.92. The number of nitrogens with zero attached hydrogens (tertiary/aromatic N) is 2. The SMILES string of the molecule is CC(C)(C(=O)O)c1ccc(CN(c2cccnc2)S(=O)[O-])cc1. The Hall–Kier alpha value is -2.25. The van der Waals surface area contributed by atoms with E-state index in [0.717, 1.165) is 5.56 Å². The molecule has 0 radical (unpaired) electrons. The second-order valence-corrected chi connectivity index (χ2v) is 6.47. The van der Waals surface area contributed by atoms with E-state index < -0.39 is 22.7 Å². The van der Waals surface area contributed by atoms with E-state index >= 15 is 0 Å². The van der Waals surface area contributed by atoms with Gasteiger partial charge in [0.2, 0.25) is 0 Å². The van der Waals surface area contributed by atoms with Gasteiger partial charge in [-0.25, -0.2) is 0 Å². The van der Waals surface area contributed by atoms with E-state index in [2.05, 4.69) is 4.98 Å². The Labute approximate surface area is 137 Å². The van der Waals surface area contributed by atoms with E-state index in [1.807, 2.05) is 0 Å². The maximum Gasteiger partial charge on any atom is 0.313 e. The summed E-state index contributed by atoms with van der Waals surface area (Å²) in [4.78, 5) is 15.2. The zero-order valence-electron chi connectivity index (χ0n) is 12.8. The fourth-order valence-corrected chi connectivity index (χ4v) is 2.58. The molecule has 1 aromatic heterocycles. The lowest BCUT2D eigenvalue weighted by atomic mass is 9.84. The summed E-state index contributed by atoms with van der Waals surface area (Å²) in [5, 5.41) is 9.23. The van der Waals surface area contributed by atoms with Crippen molar-refractivity contribution in [1.82, 2.24) is 4.98 Å². The molecule has 2 rings (SSSR count). The average molecular weight is 333 g/mol. The van der Waals surface area contributed by atoms with Gasteiger partial charge in [-0.05, 0) is 37.1 Å². The number of pyridine rings is 1. The van der Waals surface area contributed by atoms with Crippen LogP contribution in [0.5, 0.6) is 0 Å². The first kappa shape index (κ1) is 17.1. The predicted octanol–water partition coefficient (Wildman–Crippen LogP) is 2.24. The van der Waals surface area contributed by atoms with Crippen LogP contribution in [0.4, 0.5) is 5.69 Å². The van der Waals surface area contributed by atoms with Gasteiger partial charge in [0.15, 0.2) is 0 Å². The molecule has 122 valence electrons. The van der Waals surface area contributed by atoms with Crippen LogP contribution in [0.25, 0.3) is 0 Å². The fourth-order valence-electron chi connectivity index (χ4n) is 2.05. The van der Waals surface area contributed by atoms with Gasteiger partial charge >= 0.3 is 5.97 Å². The molecule has 0 aliphatic rings. The molecule has 2 aromatic rings. The third-order valence-corrected chi connectivity index (χ3v) is 4.35. The number of carbonyl (C=O) groups is 1. The van der Waals surface area contributed by atoms with Crippen molar-refractivity contribution in [2.75, 3.05) is 4.31 Å². The Bertz CT molecular complexity index is 702. The van der Waals surface area contributed by atoms with Gasteiger partial charge in [-0.15, -0.1) is 0 Å². The predicted molar refractivity (Wildman–Crippen MR) is 86.4 cm³/mol. The van der Waals surface area contributed by atoms with E-state index in [0.29, 0.717) is 11.3 Å². The van der Waals surface area contributed by atoms with Gasteiger partial charge in [-0.3, -0.25) is 18.3 Å². The topological polar surface area (TPSA) is 93.6 Å². The number of anilines is 1. The van der Waals surface area contributed by atoms with E-state index in [-0.39, 0.29) is 6.54 Å². The average Bonchev–Trinajstić information content (AvgIpc) is 2.53. The van der Waals surface area contributed by atoms with Crippen molar-refractivity contribution in [2.45, 2.75) is 25.8 Å². The minimum atomic E-state index is -2.44. The van der Waals surface area contributed by atoms with Gasteiger partial charge < -0.3 is 9.66 Å². The molecule has 0 saturated carbocycles. The molecule has 7 heteroatoms. The van der Waals surface area contributed by atoms with Crippen molar-refractivity contribution in [3.8, 4) is 0 Å². The van der Waals surface area contributed by atoms with Gasteiger partial charge in [0.05, 0.1) is 23.8 Å². The van der Waals surface area contributed by atoms with Crippen LogP contribution in [0.15, 0.2) is 48.8 Å². The highest BCUT2D eigenvalue weighted by Gasteiger charge is 2.29. The summed E-state index contributed by atoms with van der Waals surface area (Å²) in [5.41, 5.74) is 0.881. The molecule has 23 heavy (non-hydrogen) atoms. The zero-order valence-corrected chi connectivity index (χ0v) is 13.6. The number of rotatable bonds is 6. The third-order valence-electron chi connectivity index (χ3n) is 3.65. The van der Waals surface area contributed by atoms with Crippen LogP contribution in [0.3, 0.4) is 0 Å². The molecular formula is C16H17N2O4S-. The van der Waals surface area contributed by atoms with Crippen molar-refractivity contribution in [3.63, 3.8) is 0 Å². The molecule has 1 N–H and O–H groups in total. The van der Waals surface area contributed by atoms with E-state index in [9.17, 15) is 18.7 Å². The molecule has 1 heterocycles. The van der Waals surface area contributed by atoms with Crippen LogP contribution >= 0.6 is 0 Å². The Morgan fingerprint density at radius 1 is 1.30 bits per heavy atom. The lowest BCUT2D eigenvalue weighted by Crippen LogP contribution is -2.28. The molecule has 0 bridgehead atoms. The van der Waals surface area contributed by atoms with Crippen molar-refractivity contribution in [3.05, 3.63) is 59.9 Å². The van der Waals surface area contributed by atoms with Crippen LogP contribution in [-0.4, -0.2) is 24.8 Å². The summed E-state index contributed by atoms with van der Waals surface area (Å²) in [6.45, 7) is 3.40. The second kappa shape index (κ2) is 6.89. The maximum atomic E-state index is 11.4. The number of aromatic nitrogens is 1. The van der Waals surface area contributed by atoms with Gasteiger partial charge in [-0.1, -0.05) is 24.3 Å². The highest BCUT2D eigenvalue weighted by molar-refractivity contribution is 7.80. The number of hydrogen-bond donors (Lipinski definition) is 1. The largest absolute Gasteiger partial charge is 0.755 e. The number of hydrogen-bond acceptors (Lipinski definition) is 4. The van der Waals surface area contributed by atoms with Crippen molar-refractivity contribution in [1.29, 1.82) is 0 Å². The highest BCUT2D eigenvalue weighted by atomic mass is 32.2. The second-order valence-electron chi connectivity index (χ2n) is 5.59. The number of aliphatic carboxylic acids is 1. The zero-order chi connectivity index (χ0) is 17.0. The molecule has 0 spiro atoms. The standard InChI is InChI=1S/C16H18N2O4S/c1-16(2,15(19)20)13-7-5-12(6-8-13)11-18(23(21)22)14-4-3-9-17-10-14/h3-10H,11H2,1-2H3,(H,19,20)(H,21,22)/p-1. The molecule has 0 amide bonds. The molecule has 0 aliphatic heterocycles. The molecule has 1 atom stereocenters. The summed E-state index contributed by atoms with van der Waals surface area (Å²) in [7, 11) is 0. The minimum absolute atomic E-state index is 0.148. The molecule has 0 saturated heterocycles. The minimum Gasteiger partial charge on any atom is -0.755 e. The summed E-state index contributed by atoms with van der Waals surface area (Å²) < 4.78 is 24.1. The van der Waals surface area contributed by atoms with E-state index in [4.69, 9.17) is 0 Å². The van der Waals surface area contributed by atoms with Crippen molar-refractivity contribution in [2.24, 2.45) is 0 Å². The third kappa shape index (κ3) is 3.94. The number of benzene rings is 1. The lowest BCUT2D eigenvalue weighted by molar-refractivity contribution is -0.142. The van der Waals surface area contributed by atoms with Crippen LogP contribution in [0, 0.1) is 0 Å². The van der Waals surface area contributed by atoms with E-state index in [1.54, 1.807) is 56.4 Å². The molecule has 0 aliphatic carbocycles. The van der Waals surface area contributed by atoms with Crippen LogP contribution < -0.4 is 4.31 Å². The summed E-state index contributed by atoms with van der Waals surface area (Å²) >= 11 is -2.44. The fraction of sp³-hybridized carbons (Fsp3) is 0.250.